The summed E-state index contributed by atoms with van der Waals surface area (Å²) >= 11 is 0. The molecule has 0 heterocycles. The normalized spacial score (nSPS) is 6.64. The molecule has 11 heavy (non-hydrogen) atoms. The quantitative estimate of drug-likeness (QED) is 0.593. The molecule has 0 fully saturated rings. The highest BCUT2D eigenvalue weighted by molar-refractivity contribution is 5.60. The van der Waals surface area contributed by atoms with Crippen LogP contribution < -0.4 is 5.11 Å². The Morgan fingerprint density at radius 3 is 1.55 bits per heavy atom. The van der Waals surface area contributed by atoms with Gasteiger partial charge in [-0.15, -0.1) is 0 Å². The molecule has 0 aliphatic heterocycles. The summed E-state index contributed by atoms with van der Waals surface area (Å²) in [6, 6.07) is 0. The van der Waals surface area contributed by atoms with E-state index < -0.39 is 5.97 Å². The number of rotatable bonds is 2. The molecule has 0 atom stereocenters. The van der Waals surface area contributed by atoms with Crippen LogP contribution in [0.5, 0.6) is 0 Å². The summed E-state index contributed by atoms with van der Waals surface area (Å²) in [5.41, 5.74) is 0. The van der Waals surface area contributed by atoms with Gasteiger partial charge in [-0.05, 0) is 20.8 Å². The highest BCUT2D eigenvalue weighted by Gasteiger charge is 1.64. The Morgan fingerprint density at radius 1 is 1.36 bits per heavy atom. The third-order valence-corrected chi connectivity index (χ3v) is 0.408. The lowest BCUT2D eigenvalue weighted by Gasteiger charge is -1.86. The summed E-state index contributed by atoms with van der Waals surface area (Å²) < 4.78 is 4.83. The van der Waals surface area contributed by atoms with Crippen molar-refractivity contribution in [2.24, 2.45) is 0 Å². The second-order valence-electron chi connectivity index (χ2n) is 1.27. The van der Waals surface area contributed by atoms with E-state index in [1.807, 2.05) is 13.8 Å². The van der Waals surface area contributed by atoms with Crippen LogP contribution in [0.15, 0.2) is 0 Å². The Bertz CT molecular complexity index is 57.5. The summed E-state index contributed by atoms with van der Waals surface area (Å²) in [5.74, 6) is -1.08. The molecule has 0 radical (unpaired) electrons. The van der Waals surface area contributed by atoms with Crippen molar-refractivity contribution in [3.63, 3.8) is 0 Å². The highest BCUT2D eigenvalue weighted by atomic mass is 16.5. The van der Waals surface area contributed by atoms with E-state index in [1.165, 1.54) is 0 Å². The van der Waals surface area contributed by atoms with Crippen molar-refractivity contribution in [3.8, 4) is 0 Å². The zero-order valence-corrected chi connectivity index (χ0v) is 7.59. The maximum atomic E-state index is 8.89. The monoisotopic (exact) mass is 165 g/mol. The molecule has 0 aliphatic rings. The third kappa shape index (κ3) is 265. The SMILES string of the molecule is CC(=O)[O-].CCOCC.CO. The van der Waals surface area contributed by atoms with Gasteiger partial charge < -0.3 is 19.7 Å². The van der Waals surface area contributed by atoms with Crippen LogP contribution >= 0.6 is 0 Å². The van der Waals surface area contributed by atoms with Gasteiger partial charge in [-0.2, -0.15) is 0 Å². The first-order chi connectivity index (χ1) is 5.15. The molecule has 0 amide bonds. The van der Waals surface area contributed by atoms with Crippen LogP contribution in [0.25, 0.3) is 0 Å². The highest BCUT2D eigenvalue weighted by Crippen LogP contribution is 1.64. The van der Waals surface area contributed by atoms with Crippen LogP contribution in [-0.2, 0) is 9.53 Å². The van der Waals surface area contributed by atoms with Crippen molar-refractivity contribution in [1.82, 2.24) is 0 Å². The molecule has 0 aromatic carbocycles. The van der Waals surface area contributed by atoms with Gasteiger partial charge in [-0.25, -0.2) is 0 Å². The van der Waals surface area contributed by atoms with Gasteiger partial charge in [0.2, 0.25) is 0 Å². The number of carboxylic acids is 1. The van der Waals surface area contributed by atoms with Gasteiger partial charge in [-0.1, -0.05) is 0 Å². The first-order valence-corrected chi connectivity index (χ1v) is 3.35. The first-order valence-electron chi connectivity index (χ1n) is 3.35. The molecule has 0 aliphatic carbocycles. The molecule has 0 aromatic heterocycles. The zero-order valence-electron chi connectivity index (χ0n) is 7.59. The van der Waals surface area contributed by atoms with Crippen LogP contribution in [0.2, 0.25) is 0 Å². The standard InChI is InChI=1S/C4H10O.C2H4O2.CH4O/c1-3-5-4-2;1-2(3)4;1-2/h3-4H2,1-2H3;1H3,(H,3,4);2H,1H3/p-1. The summed E-state index contributed by atoms with van der Waals surface area (Å²) in [5, 5.41) is 15.9. The number of aliphatic hydroxyl groups excluding tert-OH is 1. The number of carbonyl (C=O) groups excluding carboxylic acids is 1. The Kier molecular flexibility index (Phi) is 34.7. The van der Waals surface area contributed by atoms with Crippen LogP contribution in [0.4, 0.5) is 0 Å². The Hall–Kier alpha value is -0.610. The van der Waals surface area contributed by atoms with Crippen LogP contribution in [0, 0.1) is 0 Å². The molecule has 4 nitrogen and oxygen atoms in total. The molecule has 0 saturated carbocycles. The van der Waals surface area contributed by atoms with E-state index in [1.54, 1.807) is 0 Å². The number of aliphatic hydroxyl groups is 1. The molecule has 70 valence electrons. The number of carbonyl (C=O) groups is 1. The second-order valence-corrected chi connectivity index (χ2v) is 1.27. The first kappa shape index (κ1) is 16.8. The van der Waals surface area contributed by atoms with Crippen LogP contribution in [-0.4, -0.2) is 31.4 Å². The topological polar surface area (TPSA) is 69.6 Å². The number of ether oxygens (including phenoxy) is 1. The minimum absolute atomic E-state index is 0.844. The average molecular weight is 165 g/mol. The van der Waals surface area contributed by atoms with Gasteiger partial charge in [0.15, 0.2) is 0 Å². The van der Waals surface area contributed by atoms with E-state index in [0.29, 0.717) is 0 Å². The lowest BCUT2D eigenvalue weighted by molar-refractivity contribution is -0.302. The van der Waals surface area contributed by atoms with Gasteiger partial charge in [0.05, 0.1) is 0 Å². The average Bonchev–Trinajstić information content (AvgIpc) is 1.93. The zero-order chi connectivity index (χ0) is 9.70. The Balaban J connectivity index is -0.0000000965. The van der Waals surface area contributed by atoms with E-state index in [9.17, 15) is 0 Å². The minimum Gasteiger partial charge on any atom is -0.550 e. The van der Waals surface area contributed by atoms with Crippen LogP contribution in [0.3, 0.4) is 0 Å². The maximum absolute atomic E-state index is 8.89. The molecule has 1 N–H and O–H groups in total. The van der Waals surface area contributed by atoms with Crippen molar-refractivity contribution in [2.45, 2.75) is 20.8 Å². The van der Waals surface area contributed by atoms with Gasteiger partial charge >= 0.3 is 0 Å². The van der Waals surface area contributed by atoms with Gasteiger partial charge in [-0.3, -0.25) is 0 Å². The van der Waals surface area contributed by atoms with Crippen molar-refractivity contribution >= 4 is 5.97 Å². The van der Waals surface area contributed by atoms with Crippen molar-refractivity contribution < 1.29 is 19.7 Å². The van der Waals surface area contributed by atoms with Gasteiger partial charge in [0.1, 0.15) is 0 Å². The van der Waals surface area contributed by atoms with Gasteiger partial charge in [0, 0.05) is 26.3 Å². The molecule has 4 heteroatoms. The van der Waals surface area contributed by atoms with Crippen LogP contribution in [0.1, 0.15) is 20.8 Å². The Morgan fingerprint density at radius 2 is 1.55 bits per heavy atom. The molecular formula is C7H17O4-. The number of carboxylic acid groups (broad SMARTS) is 1. The van der Waals surface area contributed by atoms with E-state index in [4.69, 9.17) is 19.7 Å². The van der Waals surface area contributed by atoms with Crippen molar-refractivity contribution in [3.05, 3.63) is 0 Å². The molecule has 0 rings (SSSR count). The van der Waals surface area contributed by atoms with Gasteiger partial charge in [0.25, 0.3) is 0 Å². The minimum atomic E-state index is -1.08. The molecule has 0 saturated heterocycles. The fourth-order valence-electron chi connectivity index (χ4n) is 0.204. The summed E-state index contributed by atoms with van der Waals surface area (Å²) in [6.45, 7) is 6.64. The third-order valence-electron chi connectivity index (χ3n) is 0.408. The maximum Gasteiger partial charge on any atom is 0.0437 e. The predicted octanol–water partition coefficient (Wildman–Crippen LogP) is -0.593. The molecule has 0 aromatic rings. The largest absolute Gasteiger partial charge is 0.550 e. The molecule has 0 spiro atoms. The molecule has 0 bridgehead atoms. The van der Waals surface area contributed by atoms with E-state index in [-0.39, 0.29) is 0 Å². The Labute approximate surface area is 67.8 Å². The predicted molar refractivity (Wildman–Crippen MR) is 41.0 cm³/mol. The van der Waals surface area contributed by atoms with E-state index in [0.717, 1.165) is 27.2 Å². The van der Waals surface area contributed by atoms with Crippen molar-refractivity contribution in [2.75, 3.05) is 20.3 Å². The molecule has 0 unspecified atom stereocenters. The number of hydrogen-bond donors (Lipinski definition) is 1. The smallest absolute Gasteiger partial charge is 0.0437 e. The summed E-state index contributed by atoms with van der Waals surface area (Å²) in [6.07, 6.45) is 0. The van der Waals surface area contributed by atoms with E-state index >= 15 is 0 Å². The summed E-state index contributed by atoms with van der Waals surface area (Å²) in [4.78, 5) is 8.89. The summed E-state index contributed by atoms with van der Waals surface area (Å²) in [7, 11) is 1.00. The lowest BCUT2D eigenvalue weighted by atomic mass is 10.8. The fourth-order valence-corrected chi connectivity index (χ4v) is 0.204. The molecular weight excluding hydrogens is 148 g/mol. The lowest BCUT2D eigenvalue weighted by Crippen LogP contribution is -2.16. The van der Waals surface area contributed by atoms with E-state index in [2.05, 4.69) is 0 Å². The second kappa shape index (κ2) is 22.8. The number of hydrogen-bond acceptors (Lipinski definition) is 4. The van der Waals surface area contributed by atoms with Crippen molar-refractivity contribution in [1.29, 1.82) is 0 Å². The number of aliphatic carboxylic acids is 1. The fraction of sp³-hybridized carbons (Fsp3) is 0.857.